The van der Waals surface area contributed by atoms with E-state index in [9.17, 15) is 14.7 Å². The largest absolute Gasteiger partial charge is 0.497 e. The number of aliphatic hydroxyl groups excluding tert-OH is 1. The minimum absolute atomic E-state index is 0.00649. The number of aromatic nitrogens is 3. The van der Waals surface area contributed by atoms with Gasteiger partial charge in [-0.1, -0.05) is 24.3 Å². The third-order valence-electron chi connectivity index (χ3n) is 5.86. The summed E-state index contributed by atoms with van der Waals surface area (Å²) in [5.41, 5.74) is 7.01. The van der Waals surface area contributed by atoms with Crippen molar-refractivity contribution in [3.8, 4) is 29.4 Å². The number of pyridine rings is 1. The van der Waals surface area contributed by atoms with Gasteiger partial charge in [0.05, 0.1) is 13.2 Å². The minimum atomic E-state index is -1.05. The highest BCUT2D eigenvalue weighted by Crippen LogP contribution is 2.34. The lowest BCUT2D eigenvalue weighted by atomic mass is 10.1. The highest BCUT2D eigenvalue weighted by molar-refractivity contribution is 5.98. The third-order valence-corrected chi connectivity index (χ3v) is 5.86. The van der Waals surface area contributed by atoms with Crippen LogP contribution >= 0.6 is 0 Å². The van der Waals surface area contributed by atoms with Crippen molar-refractivity contribution in [3.05, 3.63) is 59.7 Å². The van der Waals surface area contributed by atoms with Crippen LogP contribution in [0.5, 0.6) is 5.75 Å². The van der Waals surface area contributed by atoms with E-state index in [1.54, 1.807) is 49.7 Å². The molecule has 0 spiro atoms. The number of benzene rings is 1. The molecule has 180 valence electrons. The summed E-state index contributed by atoms with van der Waals surface area (Å²) in [6.45, 7) is 0.476. The fourth-order valence-corrected chi connectivity index (χ4v) is 4.15. The SMILES string of the molecule is C#CC(=O)N1CCC[C@H]1c1nc(-c2ccc(C(O)Nc3cc(OC)ccn3)cc2)c(C(N)=O)n1N. The molecule has 35 heavy (non-hydrogen) atoms. The number of rotatable bonds is 7. The number of amides is 2. The number of imidazole rings is 1. The fourth-order valence-electron chi connectivity index (χ4n) is 4.15. The average Bonchev–Trinajstić information content (AvgIpc) is 3.48. The van der Waals surface area contributed by atoms with Crippen LogP contribution in [-0.4, -0.2) is 50.1 Å². The molecule has 1 aromatic carbocycles. The van der Waals surface area contributed by atoms with Crippen molar-refractivity contribution in [1.29, 1.82) is 0 Å². The van der Waals surface area contributed by atoms with Crippen LogP contribution in [0.25, 0.3) is 11.3 Å². The summed E-state index contributed by atoms with van der Waals surface area (Å²) in [6.07, 6.45) is 7.14. The van der Waals surface area contributed by atoms with E-state index in [-0.39, 0.29) is 11.4 Å². The second-order valence-corrected chi connectivity index (χ2v) is 7.95. The molecule has 1 fully saturated rings. The molecule has 6 N–H and O–H groups in total. The van der Waals surface area contributed by atoms with Crippen molar-refractivity contribution in [2.24, 2.45) is 5.73 Å². The number of aliphatic hydroxyl groups is 1. The summed E-state index contributed by atoms with van der Waals surface area (Å²) in [5.74, 6) is 8.46. The molecule has 11 heteroatoms. The fraction of sp³-hybridized carbons (Fsp3) is 0.250. The van der Waals surface area contributed by atoms with Crippen LogP contribution in [0.15, 0.2) is 42.6 Å². The van der Waals surface area contributed by atoms with Crippen molar-refractivity contribution in [2.45, 2.75) is 25.1 Å². The predicted octanol–water partition coefficient (Wildman–Crippen LogP) is 1.17. The van der Waals surface area contributed by atoms with Crippen LogP contribution in [0.3, 0.4) is 0 Å². The zero-order chi connectivity index (χ0) is 25.1. The molecule has 0 radical (unpaired) electrons. The number of hydrogen-bond donors (Lipinski definition) is 4. The maximum absolute atomic E-state index is 12.2. The first kappa shape index (κ1) is 23.6. The van der Waals surface area contributed by atoms with Crippen LogP contribution < -0.4 is 21.6 Å². The second kappa shape index (κ2) is 9.74. The number of nitrogen functional groups attached to an aromatic ring is 1. The number of nitrogens with two attached hydrogens (primary N) is 2. The van der Waals surface area contributed by atoms with Gasteiger partial charge in [0.25, 0.3) is 11.8 Å². The summed E-state index contributed by atoms with van der Waals surface area (Å²) >= 11 is 0. The molecule has 1 saturated heterocycles. The second-order valence-electron chi connectivity index (χ2n) is 7.95. The van der Waals surface area contributed by atoms with Crippen LogP contribution in [0.2, 0.25) is 0 Å². The Labute approximate surface area is 201 Å². The van der Waals surface area contributed by atoms with Crippen molar-refractivity contribution in [3.63, 3.8) is 0 Å². The van der Waals surface area contributed by atoms with Gasteiger partial charge in [0.1, 0.15) is 17.3 Å². The first-order chi connectivity index (χ1) is 16.8. The Hall–Kier alpha value is -4.56. The van der Waals surface area contributed by atoms with Gasteiger partial charge >= 0.3 is 0 Å². The highest BCUT2D eigenvalue weighted by atomic mass is 16.5. The zero-order valence-corrected chi connectivity index (χ0v) is 19.0. The molecular weight excluding hydrogens is 450 g/mol. The van der Waals surface area contributed by atoms with Gasteiger partial charge in [0.15, 0.2) is 17.7 Å². The molecule has 4 rings (SSSR count). The van der Waals surface area contributed by atoms with Gasteiger partial charge in [0, 0.05) is 29.9 Å². The Balaban J connectivity index is 1.62. The molecule has 2 aromatic heterocycles. The van der Waals surface area contributed by atoms with E-state index in [4.69, 9.17) is 22.7 Å². The smallest absolute Gasteiger partial charge is 0.298 e. The van der Waals surface area contributed by atoms with E-state index in [2.05, 4.69) is 21.2 Å². The maximum Gasteiger partial charge on any atom is 0.298 e. The van der Waals surface area contributed by atoms with Crippen molar-refractivity contribution in [1.82, 2.24) is 19.5 Å². The molecule has 1 unspecified atom stereocenters. The monoisotopic (exact) mass is 475 g/mol. The topological polar surface area (TPSA) is 162 Å². The van der Waals surface area contributed by atoms with E-state index in [0.717, 1.165) is 11.1 Å². The van der Waals surface area contributed by atoms with Crippen LogP contribution in [0, 0.1) is 12.3 Å². The Morgan fingerprint density at radius 2 is 2.06 bits per heavy atom. The van der Waals surface area contributed by atoms with Gasteiger partial charge in [-0.3, -0.25) is 9.59 Å². The van der Waals surface area contributed by atoms with E-state index < -0.39 is 24.1 Å². The first-order valence-corrected chi connectivity index (χ1v) is 10.8. The van der Waals surface area contributed by atoms with Crippen LogP contribution in [0.4, 0.5) is 5.82 Å². The Morgan fingerprint density at radius 1 is 1.31 bits per heavy atom. The number of methoxy groups -OCH3 is 1. The number of carbonyl (C=O) groups is 2. The predicted molar refractivity (Wildman–Crippen MR) is 128 cm³/mol. The lowest BCUT2D eigenvalue weighted by Crippen LogP contribution is -2.33. The third kappa shape index (κ3) is 4.60. The van der Waals surface area contributed by atoms with Gasteiger partial charge in [-0.15, -0.1) is 6.42 Å². The number of primary amides is 1. The Kier molecular flexibility index (Phi) is 6.57. The number of nitrogens with zero attached hydrogens (tertiary/aromatic N) is 4. The van der Waals surface area contributed by atoms with Gasteiger partial charge in [-0.2, -0.15) is 0 Å². The minimum Gasteiger partial charge on any atom is -0.497 e. The first-order valence-electron chi connectivity index (χ1n) is 10.8. The van der Waals surface area contributed by atoms with Crippen molar-refractivity contribution < 1.29 is 19.4 Å². The highest BCUT2D eigenvalue weighted by Gasteiger charge is 2.35. The lowest BCUT2D eigenvalue weighted by Gasteiger charge is -2.21. The molecule has 1 aliphatic rings. The molecule has 2 amide bonds. The number of carbonyl (C=O) groups excluding carboxylic acids is 2. The number of hydrogen-bond acceptors (Lipinski definition) is 8. The number of ether oxygens (including phenoxy) is 1. The standard InChI is InChI=1S/C24H25N7O4/c1-3-19(32)30-12-4-5-17(30)23-29-20(21(22(25)33)31(23)26)14-6-8-15(9-7-14)24(34)28-18-13-16(35-2)10-11-27-18/h1,6-11,13,17,24,34H,4-5,12,26H2,2H3,(H2,25,33)(H,27,28)/t17-,24?/m0/s1. The molecule has 1 aliphatic heterocycles. The van der Waals surface area contributed by atoms with E-state index >= 15 is 0 Å². The molecule has 11 nitrogen and oxygen atoms in total. The van der Waals surface area contributed by atoms with Gasteiger partial charge in [-0.25, -0.2) is 14.6 Å². The lowest BCUT2D eigenvalue weighted by molar-refractivity contribution is -0.126. The molecule has 3 heterocycles. The number of nitrogens with one attached hydrogen (secondary N) is 1. The van der Waals surface area contributed by atoms with E-state index in [0.29, 0.717) is 41.5 Å². The Morgan fingerprint density at radius 3 is 2.71 bits per heavy atom. The van der Waals surface area contributed by atoms with Gasteiger partial charge in [-0.05, 0) is 24.8 Å². The normalized spacial score (nSPS) is 15.9. The van der Waals surface area contributed by atoms with Gasteiger partial charge in [0.2, 0.25) is 0 Å². The summed E-state index contributed by atoms with van der Waals surface area (Å²) in [5, 5.41) is 13.5. The van der Waals surface area contributed by atoms with Crippen LogP contribution in [0.1, 0.15) is 47.0 Å². The summed E-state index contributed by atoms with van der Waals surface area (Å²) in [6, 6.07) is 9.63. The summed E-state index contributed by atoms with van der Waals surface area (Å²) < 4.78 is 6.29. The molecule has 0 bridgehead atoms. The van der Waals surface area contributed by atoms with E-state index in [1.165, 1.54) is 4.90 Å². The molecular formula is C24H25N7O4. The molecule has 0 aliphatic carbocycles. The summed E-state index contributed by atoms with van der Waals surface area (Å²) in [7, 11) is 1.54. The molecule has 3 aromatic rings. The van der Waals surface area contributed by atoms with Crippen LogP contribution in [-0.2, 0) is 4.79 Å². The molecule has 2 atom stereocenters. The van der Waals surface area contributed by atoms with E-state index in [1.807, 2.05) is 0 Å². The van der Waals surface area contributed by atoms with Crippen molar-refractivity contribution >= 4 is 17.6 Å². The quantitative estimate of drug-likeness (QED) is 0.225. The zero-order valence-electron chi connectivity index (χ0n) is 19.0. The number of anilines is 1. The maximum atomic E-state index is 12.2. The summed E-state index contributed by atoms with van der Waals surface area (Å²) in [4.78, 5) is 34.7. The Bertz CT molecular complexity index is 1300. The molecule has 0 saturated carbocycles. The number of likely N-dealkylation sites (tertiary alicyclic amines) is 1. The number of terminal acetylenes is 1. The average molecular weight is 476 g/mol. The van der Waals surface area contributed by atoms with Gasteiger partial charge < -0.3 is 31.6 Å². The van der Waals surface area contributed by atoms with Crippen molar-refractivity contribution in [2.75, 3.05) is 24.8 Å².